The Morgan fingerprint density at radius 2 is 1.72 bits per heavy atom. The highest BCUT2D eigenvalue weighted by Gasteiger charge is 2.43. The quantitative estimate of drug-likeness (QED) is 0.510. The Labute approximate surface area is 214 Å². The number of rotatable bonds is 10. The van der Waals surface area contributed by atoms with Gasteiger partial charge in [-0.1, -0.05) is 39.0 Å². The van der Waals surface area contributed by atoms with Crippen LogP contribution in [0.25, 0.3) is 0 Å². The lowest BCUT2D eigenvalue weighted by atomic mass is 9.95. The van der Waals surface area contributed by atoms with E-state index in [2.05, 4.69) is 17.6 Å². The number of carbonyl (C=O) groups is 3. The van der Waals surface area contributed by atoms with Crippen LogP contribution >= 0.6 is 0 Å². The van der Waals surface area contributed by atoms with Gasteiger partial charge in [-0.3, -0.25) is 9.59 Å². The van der Waals surface area contributed by atoms with E-state index in [-0.39, 0.29) is 36.9 Å². The summed E-state index contributed by atoms with van der Waals surface area (Å²) in [6.07, 6.45) is 7.74. The van der Waals surface area contributed by atoms with E-state index in [9.17, 15) is 14.4 Å². The molecule has 9 nitrogen and oxygen atoms in total. The van der Waals surface area contributed by atoms with Crippen molar-refractivity contribution in [3.63, 3.8) is 0 Å². The molecule has 36 heavy (non-hydrogen) atoms. The second kappa shape index (κ2) is 13.4. The van der Waals surface area contributed by atoms with Gasteiger partial charge in [-0.15, -0.1) is 0 Å². The van der Waals surface area contributed by atoms with E-state index >= 15 is 0 Å². The smallest absolute Gasteiger partial charge is 0.318 e. The van der Waals surface area contributed by atoms with Gasteiger partial charge in [0.1, 0.15) is 17.5 Å². The molecule has 0 bridgehead atoms. The molecule has 0 aromatic heterocycles. The number of urea groups is 1. The number of piperazine rings is 1. The van der Waals surface area contributed by atoms with Gasteiger partial charge in [-0.05, 0) is 37.0 Å². The maximum atomic E-state index is 13.8. The summed E-state index contributed by atoms with van der Waals surface area (Å²) in [6.45, 7) is 2.70. The van der Waals surface area contributed by atoms with Gasteiger partial charge in [-0.25, -0.2) is 4.79 Å². The van der Waals surface area contributed by atoms with Crippen molar-refractivity contribution in [3.05, 3.63) is 23.8 Å². The SMILES string of the molecule is CCCCC1C(=O)N(Cc2cc(OC)cc(OC)c2)CC(CC(=O)NC)N1C(=O)NC1CCCCC1. The molecule has 1 aliphatic heterocycles. The van der Waals surface area contributed by atoms with Crippen LogP contribution in [0.3, 0.4) is 0 Å². The number of unbranched alkanes of at least 4 members (excludes halogenated alkanes) is 1. The van der Waals surface area contributed by atoms with Crippen molar-refractivity contribution < 1.29 is 23.9 Å². The van der Waals surface area contributed by atoms with Crippen molar-refractivity contribution in [1.29, 1.82) is 0 Å². The molecule has 9 heteroatoms. The standard InChI is InChI=1S/C27H42N4O5/c1-5-6-12-24-26(33)30(17-19-13-22(35-3)16-23(14-19)36-4)18-21(15-25(32)28-2)31(24)27(34)29-20-10-8-7-9-11-20/h13-14,16,20-21,24H,5-12,15,17-18H2,1-4H3,(H,28,32)(H,29,34). The largest absolute Gasteiger partial charge is 0.497 e. The zero-order valence-electron chi connectivity index (χ0n) is 22.2. The summed E-state index contributed by atoms with van der Waals surface area (Å²) < 4.78 is 10.8. The molecule has 3 rings (SSSR count). The van der Waals surface area contributed by atoms with E-state index in [1.807, 2.05) is 12.1 Å². The minimum atomic E-state index is -0.607. The minimum Gasteiger partial charge on any atom is -0.497 e. The molecule has 1 aliphatic carbocycles. The van der Waals surface area contributed by atoms with Gasteiger partial charge in [-0.2, -0.15) is 0 Å². The van der Waals surface area contributed by atoms with E-state index in [4.69, 9.17) is 9.47 Å². The Kier molecular flexibility index (Phi) is 10.3. The number of methoxy groups -OCH3 is 2. The number of amides is 4. The normalized spacial score (nSPS) is 20.7. The maximum absolute atomic E-state index is 13.8. The number of carbonyl (C=O) groups excluding carboxylic acids is 3. The Morgan fingerprint density at radius 3 is 2.31 bits per heavy atom. The zero-order chi connectivity index (χ0) is 26.1. The summed E-state index contributed by atoms with van der Waals surface area (Å²) in [4.78, 5) is 43.3. The topological polar surface area (TPSA) is 100 Å². The fourth-order valence-corrected chi connectivity index (χ4v) is 5.28. The molecule has 200 valence electrons. The van der Waals surface area contributed by atoms with Crippen LogP contribution in [0.4, 0.5) is 4.79 Å². The lowest BCUT2D eigenvalue weighted by molar-refractivity contribution is -0.145. The number of benzene rings is 1. The van der Waals surface area contributed by atoms with Crippen molar-refractivity contribution >= 4 is 17.8 Å². The van der Waals surface area contributed by atoms with Gasteiger partial charge in [0.15, 0.2) is 0 Å². The van der Waals surface area contributed by atoms with E-state index in [1.165, 1.54) is 6.42 Å². The van der Waals surface area contributed by atoms with E-state index in [0.717, 1.165) is 44.1 Å². The molecule has 0 radical (unpaired) electrons. The summed E-state index contributed by atoms with van der Waals surface area (Å²) in [5.74, 6) is 1.05. The van der Waals surface area contributed by atoms with Crippen LogP contribution in [0.5, 0.6) is 11.5 Å². The summed E-state index contributed by atoms with van der Waals surface area (Å²) in [5, 5.41) is 5.87. The summed E-state index contributed by atoms with van der Waals surface area (Å²) >= 11 is 0. The zero-order valence-corrected chi connectivity index (χ0v) is 22.2. The van der Waals surface area contributed by atoms with Crippen molar-refractivity contribution in [1.82, 2.24) is 20.4 Å². The average Bonchev–Trinajstić information content (AvgIpc) is 2.89. The molecule has 2 fully saturated rings. The third-order valence-electron chi connectivity index (χ3n) is 7.24. The predicted molar refractivity (Wildman–Crippen MR) is 138 cm³/mol. The van der Waals surface area contributed by atoms with Crippen LogP contribution < -0.4 is 20.1 Å². The minimum absolute atomic E-state index is 0.0859. The fraction of sp³-hybridized carbons (Fsp3) is 0.667. The Hall–Kier alpha value is -2.97. The van der Waals surface area contributed by atoms with Crippen LogP contribution in [-0.2, 0) is 16.1 Å². The number of nitrogens with one attached hydrogen (secondary N) is 2. The second-order valence-electron chi connectivity index (χ2n) is 9.82. The molecule has 2 unspecified atom stereocenters. The number of ether oxygens (including phenoxy) is 2. The predicted octanol–water partition coefficient (Wildman–Crippen LogP) is 3.45. The lowest BCUT2D eigenvalue weighted by Gasteiger charge is -2.46. The molecule has 1 saturated carbocycles. The number of nitrogens with zero attached hydrogens (tertiary/aromatic N) is 2. The molecule has 2 N–H and O–H groups in total. The molecule has 4 amide bonds. The van der Waals surface area contributed by atoms with Crippen LogP contribution in [0.1, 0.15) is 70.3 Å². The number of hydrogen-bond donors (Lipinski definition) is 2. The summed E-state index contributed by atoms with van der Waals surface area (Å²) in [5.41, 5.74) is 0.868. The van der Waals surface area contributed by atoms with E-state index < -0.39 is 12.1 Å². The molecule has 1 heterocycles. The highest BCUT2D eigenvalue weighted by molar-refractivity contribution is 5.89. The first-order valence-corrected chi connectivity index (χ1v) is 13.2. The molecule has 2 atom stereocenters. The molecule has 1 aromatic rings. The number of hydrogen-bond acceptors (Lipinski definition) is 5. The molecule has 0 spiro atoms. The second-order valence-corrected chi connectivity index (χ2v) is 9.82. The van der Waals surface area contributed by atoms with Crippen LogP contribution in [-0.4, -0.2) is 73.6 Å². The lowest BCUT2D eigenvalue weighted by Crippen LogP contribution is -2.66. The summed E-state index contributed by atoms with van der Waals surface area (Å²) in [6, 6.07) is 4.42. The van der Waals surface area contributed by atoms with Crippen LogP contribution in [0, 0.1) is 0 Å². The average molecular weight is 503 g/mol. The third-order valence-corrected chi connectivity index (χ3v) is 7.24. The first kappa shape index (κ1) is 27.6. The van der Waals surface area contributed by atoms with Gasteiger partial charge in [0.2, 0.25) is 11.8 Å². The van der Waals surface area contributed by atoms with Gasteiger partial charge < -0.3 is 29.9 Å². The van der Waals surface area contributed by atoms with Gasteiger partial charge >= 0.3 is 6.03 Å². The molecular formula is C27H42N4O5. The molecule has 1 saturated heterocycles. The third kappa shape index (κ3) is 7.04. The van der Waals surface area contributed by atoms with Crippen molar-refractivity contribution in [2.75, 3.05) is 27.8 Å². The van der Waals surface area contributed by atoms with Gasteiger partial charge in [0.25, 0.3) is 0 Å². The van der Waals surface area contributed by atoms with Crippen molar-refractivity contribution in [2.24, 2.45) is 0 Å². The Balaban J connectivity index is 1.89. The van der Waals surface area contributed by atoms with Crippen molar-refractivity contribution in [3.8, 4) is 11.5 Å². The first-order chi connectivity index (χ1) is 17.4. The van der Waals surface area contributed by atoms with Crippen LogP contribution in [0.15, 0.2) is 18.2 Å². The van der Waals surface area contributed by atoms with Gasteiger partial charge in [0.05, 0.1) is 20.3 Å². The van der Waals surface area contributed by atoms with Gasteiger partial charge in [0, 0.05) is 38.7 Å². The van der Waals surface area contributed by atoms with Crippen LogP contribution in [0.2, 0.25) is 0 Å². The maximum Gasteiger partial charge on any atom is 0.318 e. The summed E-state index contributed by atoms with van der Waals surface area (Å²) in [7, 11) is 4.78. The molecular weight excluding hydrogens is 460 g/mol. The highest BCUT2D eigenvalue weighted by atomic mass is 16.5. The van der Waals surface area contributed by atoms with E-state index in [0.29, 0.717) is 24.5 Å². The molecule has 1 aromatic carbocycles. The van der Waals surface area contributed by atoms with E-state index in [1.54, 1.807) is 37.1 Å². The first-order valence-electron chi connectivity index (χ1n) is 13.2. The highest BCUT2D eigenvalue weighted by Crippen LogP contribution is 2.28. The Morgan fingerprint density at radius 1 is 1.06 bits per heavy atom. The molecule has 2 aliphatic rings. The van der Waals surface area contributed by atoms with Crippen molar-refractivity contribution in [2.45, 2.75) is 89.4 Å². The Bertz CT molecular complexity index is 880. The fourth-order valence-electron chi connectivity index (χ4n) is 5.28. The monoisotopic (exact) mass is 502 g/mol.